The van der Waals surface area contributed by atoms with Gasteiger partial charge < -0.3 is 20.9 Å². The van der Waals surface area contributed by atoms with E-state index >= 15 is 0 Å². The molecule has 7 heteroatoms. The van der Waals surface area contributed by atoms with Crippen LogP contribution in [-0.4, -0.2) is 39.9 Å². The highest BCUT2D eigenvalue weighted by Crippen LogP contribution is 2.44. The number of hydrogen-bond donors (Lipinski definition) is 3. The van der Waals surface area contributed by atoms with Crippen LogP contribution in [0.3, 0.4) is 0 Å². The Balaban J connectivity index is 1.30. The molecule has 1 aromatic carbocycles. The highest BCUT2D eigenvalue weighted by atomic mass is 32.1. The van der Waals surface area contributed by atoms with Gasteiger partial charge in [0.2, 0.25) is 0 Å². The van der Waals surface area contributed by atoms with E-state index in [2.05, 4.69) is 46.5 Å². The molecule has 2 unspecified atom stereocenters. The molecule has 4 heterocycles. The van der Waals surface area contributed by atoms with Crippen molar-refractivity contribution in [3.05, 3.63) is 53.2 Å². The van der Waals surface area contributed by atoms with Crippen molar-refractivity contribution in [1.82, 2.24) is 14.9 Å². The molecule has 2 fully saturated rings. The minimum absolute atomic E-state index is 0.0996. The van der Waals surface area contributed by atoms with Gasteiger partial charge in [-0.05, 0) is 55.2 Å². The molecule has 1 aliphatic heterocycles. The van der Waals surface area contributed by atoms with E-state index in [0.29, 0.717) is 17.9 Å². The molecule has 0 spiro atoms. The summed E-state index contributed by atoms with van der Waals surface area (Å²) >= 11 is 1.51. The average Bonchev–Trinajstić information content (AvgIpc) is 3.18. The van der Waals surface area contributed by atoms with Crippen molar-refractivity contribution in [3.63, 3.8) is 0 Å². The second kappa shape index (κ2) is 6.05. The number of anilines is 2. The molecule has 3 aromatic heterocycles. The Kier molecular flexibility index (Phi) is 3.54. The van der Waals surface area contributed by atoms with Gasteiger partial charge in [-0.15, -0.1) is 11.3 Å². The Morgan fingerprint density at radius 1 is 1.24 bits per heavy atom. The number of benzene rings is 1. The number of fused-ring (bicyclic) bond motifs is 3. The van der Waals surface area contributed by atoms with Crippen LogP contribution in [0.1, 0.15) is 15.4 Å². The maximum Gasteiger partial charge on any atom is 0.264 e. The summed E-state index contributed by atoms with van der Waals surface area (Å²) in [7, 11) is 0. The summed E-state index contributed by atoms with van der Waals surface area (Å²) in [6, 6.07) is 12.6. The second-order valence-electron chi connectivity index (χ2n) is 8.18. The van der Waals surface area contributed by atoms with Crippen LogP contribution in [0.4, 0.5) is 11.4 Å². The lowest BCUT2D eigenvalue weighted by Gasteiger charge is -2.17. The number of piperidine rings is 1. The van der Waals surface area contributed by atoms with Gasteiger partial charge >= 0.3 is 0 Å². The number of aromatic amines is 1. The van der Waals surface area contributed by atoms with Crippen molar-refractivity contribution in [3.8, 4) is 0 Å². The van der Waals surface area contributed by atoms with Gasteiger partial charge in [0.05, 0.1) is 20.8 Å². The van der Waals surface area contributed by atoms with E-state index in [4.69, 9.17) is 5.73 Å². The summed E-state index contributed by atoms with van der Waals surface area (Å²) in [6.45, 7) is 3.63. The van der Waals surface area contributed by atoms with Crippen LogP contribution < -0.4 is 11.1 Å². The normalized spacial score (nSPS) is 23.0. The number of nitrogens with one attached hydrogen (secondary N) is 2. The van der Waals surface area contributed by atoms with E-state index in [9.17, 15) is 4.79 Å². The predicted octanol–water partition coefficient (Wildman–Crippen LogP) is 3.86. The summed E-state index contributed by atoms with van der Waals surface area (Å²) in [5.41, 5.74) is 11.1. The predicted molar refractivity (Wildman–Crippen MR) is 117 cm³/mol. The van der Waals surface area contributed by atoms with Crippen LogP contribution in [0, 0.1) is 18.8 Å². The van der Waals surface area contributed by atoms with Crippen molar-refractivity contribution < 1.29 is 4.79 Å². The third-order valence-corrected chi connectivity index (χ3v) is 7.35. The number of carbonyl (C=O) groups excluding carboxylic acids is 1. The number of thiophene rings is 1. The highest BCUT2D eigenvalue weighted by Gasteiger charge is 2.54. The molecule has 1 amide bonds. The lowest BCUT2D eigenvalue weighted by Crippen LogP contribution is -2.33. The molecular formula is C22H21N5OS. The lowest BCUT2D eigenvalue weighted by molar-refractivity contribution is 0.0778. The van der Waals surface area contributed by atoms with Gasteiger partial charge in [-0.25, -0.2) is 0 Å². The number of aromatic nitrogens is 2. The third kappa shape index (κ3) is 2.73. The van der Waals surface area contributed by atoms with Gasteiger partial charge in [0.15, 0.2) is 0 Å². The summed E-state index contributed by atoms with van der Waals surface area (Å²) in [4.78, 5) is 23.5. The minimum Gasteiger partial charge on any atom is -0.359 e. The number of nitrogens with two attached hydrogens (primary N) is 1. The number of hydrogen-bond acceptors (Lipinski definition) is 5. The molecule has 2 aliphatic rings. The molecule has 1 aliphatic carbocycles. The Morgan fingerprint density at radius 3 is 2.90 bits per heavy atom. The number of likely N-dealkylation sites (tertiary alicyclic amines) is 1. The quantitative estimate of drug-likeness (QED) is 0.485. The van der Waals surface area contributed by atoms with E-state index in [1.54, 1.807) is 6.20 Å². The van der Waals surface area contributed by atoms with Crippen LogP contribution in [-0.2, 0) is 0 Å². The van der Waals surface area contributed by atoms with Crippen molar-refractivity contribution in [2.75, 3.05) is 18.4 Å². The zero-order valence-corrected chi connectivity index (χ0v) is 16.8. The number of pyridine rings is 1. The van der Waals surface area contributed by atoms with Gasteiger partial charge in [-0.2, -0.15) is 0 Å². The molecule has 29 heavy (non-hydrogen) atoms. The summed E-state index contributed by atoms with van der Waals surface area (Å²) in [6.07, 6.45) is 1.79. The standard InChI is InChI=1S/C22H21N5OS/c1-11-6-12-7-13(2-3-16(12)25-11)26-17-4-5-24-18-8-19(29-21(17)18)22(28)27-9-14-15(10-27)20(14)23/h2-8,14-15,20,25H,9-10,23H2,1H3,(H,24,26). The summed E-state index contributed by atoms with van der Waals surface area (Å²) in [5, 5.41) is 4.68. The fourth-order valence-corrected chi connectivity index (χ4v) is 5.60. The molecular weight excluding hydrogens is 382 g/mol. The van der Waals surface area contributed by atoms with Gasteiger partial charge in [0.1, 0.15) is 0 Å². The first kappa shape index (κ1) is 17.0. The number of carbonyl (C=O) groups is 1. The van der Waals surface area contributed by atoms with E-state index in [-0.39, 0.29) is 5.91 Å². The van der Waals surface area contributed by atoms with Crippen LogP contribution >= 0.6 is 11.3 Å². The van der Waals surface area contributed by atoms with Crippen molar-refractivity contribution in [2.45, 2.75) is 13.0 Å². The van der Waals surface area contributed by atoms with Gasteiger partial charge in [0.25, 0.3) is 5.91 Å². The first-order valence-electron chi connectivity index (χ1n) is 9.86. The van der Waals surface area contributed by atoms with Crippen molar-refractivity contribution in [1.29, 1.82) is 0 Å². The fourth-order valence-electron chi connectivity index (χ4n) is 4.55. The monoisotopic (exact) mass is 403 g/mol. The topological polar surface area (TPSA) is 87.0 Å². The van der Waals surface area contributed by atoms with Crippen LogP contribution in [0.2, 0.25) is 0 Å². The van der Waals surface area contributed by atoms with Crippen LogP contribution in [0.5, 0.6) is 0 Å². The molecule has 2 atom stereocenters. The maximum absolute atomic E-state index is 13.0. The Hall–Kier alpha value is -2.90. The smallest absolute Gasteiger partial charge is 0.264 e. The lowest BCUT2D eigenvalue weighted by atomic mass is 10.2. The average molecular weight is 404 g/mol. The number of H-pyrrole nitrogens is 1. The largest absolute Gasteiger partial charge is 0.359 e. The van der Waals surface area contributed by atoms with Gasteiger partial charge in [-0.3, -0.25) is 9.78 Å². The van der Waals surface area contributed by atoms with E-state index < -0.39 is 0 Å². The van der Waals surface area contributed by atoms with E-state index in [1.807, 2.05) is 17.0 Å². The number of amides is 1. The first-order valence-corrected chi connectivity index (χ1v) is 10.7. The van der Waals surface area contributed by atoms with Gasteiger partial charge in [-0.1, -0.05) is 0 Å². The SMILES string of the molecule is Cc1cc2cc(Nc3ccnc4cc(C(=O)N5CC6C(N)C6C5)sc34)ccc2[nH]1. The van der Waals surface area contributed by atoms with E-state index in [0.717, 1.165) is 50.8 Å². The second-order valence-corrected chi connectivity index (χ2v) is 9.23. The number of rotatable bonds is 3. The van der Waals surface area contributed by atoms with Crippen LogP contribution in [0.15, 0.2) is 42.6 Å². The van der Waals surface area contributed by atoms with E-state index in [1.165, 1.54) is 16.7 Å². The molecule has 1 saturated carbocycles. The van der Waals surface area contributed by atoms with Crippen molar-refractivity contribution >= 4 is 49.7 Å². The fraction of sp³-hybridized carbons (Fsp3) is 0.273. The Morgan fingerprint density at radius 2 is 2.07 bits per heavy atom. The Labute approximate surface area is 171 Å². The zero-order valence-electron chi connectivity index (χ0n) is 16.0. The maximum atomic E-state index is 13.0. The first-order chi connectivity index (χ1) is 14.1. The molecule has 0 bridgehead atoms. The molecule has 146 valence electrons. The van der Waals surface area contributed by atoms with Crippen molar-refractivity contribution in [2.24, 2.45) is 17.6 Å². The third-order valence-electron chi connectivity index (χ3n) is 6.20. The molecule has 4 N–H and O–H groups in total. The minimum atomic E-state index is 0.0996. The summed E-state index contributed by atoms with van der Waals surface area (Å²) < 4.78 is 1.00. The summed E-state index contributed by atoms with van der Waals surface area (Å²) in [5.74, 6) is 1.09. The molecule has 4 aromatic rings. The van der Waals surface area contributed by atoms with Gasteiger partial charge in [0, 0.05) is 47.6 Å². The van der Waals surface area contributed by atoms with Crippen LogP contribution in [0.25, 0.3) is 21.1 Å². The molecule has 0 radical (unpaired) electrons. The molecule has 1 saturated heterocycles. The number of aryl methyl sites for hydroxylation is 1. The zero-order chi connectivity index (χ0) is 19.7. The molecule has 6 rings (SSSR count). The molecule has 6 nitrogen and oxygen atoms in total. The highest BCUT2D eigenvalue weighted by molar-refractivity contribution is 7.21. The number of nitrogens with zero attached hydrogens (tertiary/aromatic N) is 2. The Bertz CT molecular complexity index is 1260.